The van der Waals surface area contributed by atoms with E-state index in [-0.39, 0.29) is 17.9 Å². The molecule has 1 aliphatic heterocycles. The number of urea groups is 1. The van der Waals surface area contributed by atoms with Crippen molar-refractivity contribution in [2.75, 3.05) is 45.7 Å². The first-order valence-corrected chi connectivity index (χ1v) is 9.10. The predicted octanol–water partition coefficient (Wildman–Crippen LogP) is 2.82. The normalized spacial score (nSPS) is 14.7. The summed E-state index contributed by atoms with van der Waals surface area (Å²) >= 11 is 0. The second kappa shape index (κ2) is 9.31. The molecule has 1 aromatic rings. The fourth-order valence-corrected chi connectivity index (χ4v) is 3.16. The van der Waals surface area contributed by atoms with Gasteiger partial charge in [-0.1, -0.05) is 0 Å². The van der Waals surface area contributed by atoms with Gasteiger partial charge in [-0.25, -0.2) is 4.79 Å². The Morgan fingerprint density at radius 3 is 2.35 bits per heavy atom. The molecule has 1 saturated heterocycles. The predicted molar refractivity (Wildman–Crippen MR) is 101 cm³/mol. The molecular weight excluding hydrogens is 334 g/mol. The Hall–Kier alpha value is -2.44. The van der Waals surface area contributed by atoms with Crippen LogP contribution in [0.15, 0.2) is 18.2 Å². The Morgan fingerprint density at radius 2 is 1.81 bits per heavy atom. The fraction of sp³-hybridized carbons (Fsp3) is 0.579. The van der Waals surface area contributed by atoms with Crippen LogP contribution in [0.25, 0.3) is 0 Å². The summed E-state index contributed by atoms with van der Waals surface area (Å²) in [5.41, 5.74) is 0.625. The zero-order chi connectivity index (χ0) is 19.1. The Bertz CT molecular complexity index is 623. The number of hydrogen-bond donors (Lipinski definition) is 1. The minimum Gasteiger partial charge on any atom is -0.497 e. The number of likely N-dealkylation sites (tertiary alicyclic amines) is 1. The number of nitrogens with zero attached hydrogens (tertiary/aromatic N) is 2. The van der Waals surface area contributed by atoms with Gasteiger partial charge < -0.3 is 24.6 Å². The van der Waals surface area contributed by atoms with Crippen LogP contribution in [-0.4, -0.2) is 62.1 Å². The number of carbonyl (C=O) groups excluding carboxylic acids is 2. The molecule has 144 valence electrons. The van der Waals surface area contributed by atoms with Crippen molar-refractivity contribution in [3.8, 4) is 11.5 Å². The molecule has 0 aromatic heterocycles. The van der Waals surface area contributed by atoms with Crippen molar-refractivity contribution in [3.05, 3.63) is 18.2 Å². The number of piperidine rings is 1. The molecule has 7 heteroatoms. The summed E-state index contributed by atoms with van der Waals surface area (Å²) in [7, 11) is 3.14. The number of benzene rings is 1. The maximum Gasteiger partial charge on any atom is 0.319 e. The van der Waals surface area contributed by atoms with Crippen LogP contribution in [0.3, 0.4) is 0 Å². The summed E-state index contributed by atoms with van der Waals surface area (Å²) in [6.45, 7) is 6.56. The van der Waals surface area contributed by atoms with E-state index in [1.165, 1.54) is 0 Å². The molecule has 1 heterocycles. The van der Waals surface area contributed by atoms with E-state index in [9.17, 15) is 9.59 Å². The highest BCUT2D eigenvalue weighted by atomic mass is 16.5. The van der Waals surface area contributed by atoms with Crippen LogP contribution >= 0.6 is 0 Å². The Morgan fingerprint density at radius 1 is 1.15 bits per heavy atom. The molecule has 0 saturated carbocycles. The van der Waals surface area contributed by atoms with E-state index in [4.69, 9.17) is 9.47 Å². The third kappa shape index (κ3) is 4.59. The molecule has 7 nitrogen and oxygen atoms in total. The van der Waals surface area contributed by atoms with Gasteiger partial charge in [-0.15, -0.1) is 0 Å². The lowest BCUT2D eigenvalue weighted by molar-refractivity contribution is -0.121. The number of methoxy groups -OCH3 is 2. The summed E-state index contributed by atoms with van der Waals surface area (Å²) in [5.74, 6) is 1.08. The number of hydrogen-bond acceptors (Lipinski definition) is 4. The van der Waals surface area contributed by atoms with Gasteiger partial charge in [0.05, 0.1) is 19.9 Å². The fourth-order valence-electron chi connectivity index (χ4n) is 3.16. The SMILES string of the molecule is CCN(CC)C(=O)N1CCC(C(=O)Nc2ccc(OC)cc2OC)CC1. The third-order valence-electron chi connectivity index (χ3n) is 4.84. The van der Waals surface area contributed by atoms with Crippen molar-refractivity contribution in [2.24, 2.45) is 5.92 Å². The maximum atomic E-state index is 12.6. The van der Waals surface area contributed by atoms with E-state index in [1.807, 2.05) is 23.6 Å². The van der Waals surface area contributed by atoms with Gasteiger partial charge in [0.2, 0.25) is 5.91 Å². The first-order chi connectivity index (χ1) is 12.5. The standard InChI is InChI=1S/C19H29N3O4/c1-5-21(6-2)19(24)22-11-9-14(10-12-22)18(23)20-16-8-7-15(25-3)13-17(16)26-4/h7-8,13-14H,5-6,9-12H2,1-4H3,(H,20,23). The van der Waals surface area contributed by atoms with E-state index in [1.54, 1.807) is 32.4 Å². The summed E-state index contributed by atoms with van der Waals surface area (Å²) in [6, 6.07) is 5.35. The second-order valence-corrected chi connectivity index (χ2v) is 6.27. The monoisotopic (exact) mass is 363 g/mol. The van der Waals surface area contributed by atoms with Crippen molar-refractivity contribution in [1.29, 1.82) is 0 Å². The Balaban J connectivity index is 1.94. The Kier molecular flexibility index (Phi) is 7.12. The van der Waals surface area contributed by atoms with Crippen LogP contribution in [-0.2, 0) is 4.79 Å². The molecule has 0 aliphatic carbocycles. The molecule has 2 rings (SSSR count). The van der Waals surface area contributed by atoms with Crippen LogP contribution in [0.5, 0.6) is 11.5 Å². The van der Waals surface area contributed by atoms with E-state index >= 15 is 0 Å². The van der Waals surface area contributed by atoms with Crippen LogP contribution in [0.2, 0.25) is 0 Å². The molecule has 0 bridgehead atoms. The average molecular weight is 363 g/mol. The van der Waals surface area contributed by atoms with E-state index < -0.39 is 0 Å². The summed E-state index contributed by atoms with van der Waals surface area (Å²) in [4.78, 5) is 28.6. The van der Waals surface area contributed by atoms with Crippen LogP contribution in [0.4, 0.5) is 10.5 Å². The van der Waals surface area contributed by atoms with E-state index in [0.717, 1.165) is 0 Å². The van der Waals surface area contributed by atoms with Crippen molar-refractivity contribution in [3.63, 3.8) is 0 Å². The second-order valence-electron chi connectivity index (χ2n) is 6.27. The number of amides is 3. The third-order valence-corrected chi connectivity index (χ3v) is 4.84. The van der Waals surface area contributed by atoms with Gasteiger partial charge in [-0.2, -0.15) is 0 Å². The molecule has 0 atom stereocenters. The highest BCUT2D eigenvalue weighted by Crippen LogP contribution is 2.30. The molecule has 1 aromatic carbocycles. The lowest BCUT2D eigenvalue weighted by Crippen LogP contribution is -2.47. The number of carbonyl (C=O) groups is 2. The molecule has 26 heavy (non-hydrogen) atoms. The van der Waals surface area contributed by atoms with Crippen molar-refractivity contribution >= 4 is 17.6 Å². The van der Waals surface area contributed by atoms with Gasteiger partial charge >= 0.3 is 6.03 Å². The summed E-state index contributed by atoms with van der Waals surface area (Å²) in [6.07, 6.45) is 1.33. The first-order valence-electron chi connectivity index (χ1n) is 9.10. The number of nitrogens with one attached hydrogen (secondary N) is 1. The largest absolute Gasteiger partial charge is 0.497 e. The molecular formula is C19H29N3O4. The highest BCUT2D eigenvalue weighted by molar-refractivity contribution is 5.94. The highest BCUT2D eigenvalue weighted by Gasteiger charge is 2.29. The van der Waals surface area contributed by atoms with Gasteiger partial charge in [0.1, 0.15) is 11.5 Å². The van der Waals surface area contributed by atoms with Gasteiger partial charge in [0, 0.05) is 38.2 Å². The summed E-state index contributed by atoms with van der Waals surface area (Å²) < 4.78 is 10.5. The van der Waals surface area contributed by atoms with Crippen molar-refractivity contribution in [1.82, 2.24) is 9.80 Å². The zero-order valence-corrected chi connectivity index (χ0v) is 16.1. The van der Waals surface area contributed by atoms with E-state index in [2.05, 4.69) is 5.32 Å². The topological polar surface area (TPSA) is 71.1 Å². The molecule has 1 aliphatic rings. The van der Waals surface area contributed by atoms with Gasteiger partial charge in [-0.05, 0) is 38.8 Å². The minimum atomic E-state index is -0.109. The smallest absolute Gasteiger partial charge is 0.319 e. The minimum absolute atomic E-state index is 0.0385. The average Bonchev–Trinajstić information content (AvgIpc) is 2.69. The van der Waals surface area contributed by atoms with E-state index in [0.29, 0.717) is 56.2 Å². The van der Waals surface area contributed by atoms with Crippen LogP contribution in [0.1, 0.15) is 26.7 Å². The lowest BCUT2D eigenvalue weighted by Gasteiger charge is -2.34. The first kappa shape index (κ1) is 19.9. The lowest BCUT2D eigenvalue weighted by atomic mass is 9.96. The molecule has 1 fully saturated rings. The van der Waals surface area contributed by atoms with Crippen LogP contribution in [0, 0.1) is 5.92 Å². The van der Waals surface area contributed by atoms with Gasteiger partial charge in [-0.3, -0.25) is 4.79 Å². The molecule has 0 unspecified atom stereocenters. The van der Waals surface area contributed by atoms with Crippen molar-refractivity contribution < 1.29 is 19.1 Å². The number of anilines is 1. The maximum absolute atomic E-state index is 12.6. The molecule has 0 radical (unpaired) electrons. The van der Waals surface area contributed by atoms with Crippen LogP contribution < -0.4 is 14.8 Å². The summed E-state index contributed by atoms with van der Waals surface area (Å²) in [5, 5.41) is 2.94. The zero-order valence-electron chi connectivity index (χ0n) is 16.1. The van der Waals surface area contributed by atoms with Gasteiger partial charge in [0.15, 0.2) is 0 Å². The number of ether oxygens (including phenoxy) is 2. The molecule has 0 spiro atoms. The quantitative estimate of drug-likeness (QED) is 0.844. The Labute approximate surface area is 155 Å². The van der Waals surface area contributed by atoms with Crippen molar-refractivity contribution in [2.45, 2.75) is 26.7 Å². The number of rotatable bonds is 6. The molecule has 3 amide bonds. The molecule has 1 N–H and O–H groups in total. The van der Waals surface area contributed by atoms with Gasteiger partial charge in [0.25, 0.3) is 0 Å².